The molecule has 0 unspecified atom stereocenters. The second-order valence-electron chi connectivity index (χ2n) is 5.96. The Labute approximate surface area is 140 Å². The quantitative estimate of drug-likeness (QED) is 0.878. The minimum absolute atomic E-state index is 0.0490. The highest BCUT2D eigenvalue weighted by Gasteiger charge is 2.33. The summed E-state index contributed by atoms with van der Waals surface area (Å²) in [7, 11) is 0. The summed E-state index contributed by atoms with van der Waals surface area (Å²) >= 11 is 1.73. The van der Waals surface area contributed by atoms with Crippen LogP contribution in [0.15, 0.2) is 36.1 Å². The van der Waals surface area contributed by atoms with Crippen LogP contribution in [0, 0.1) is 5.92 Å². The molecule has 3 heterocycles. The summed E-state index contributed by atoms with van der Waals surface area (Å²) in [5, 5.41) is 12.3. The van der Waals surface area contributed by atoms with E-state index in [9.17, 15) is 9.90 Å². The van der Waals surface area contributed by atoms with Crippen molar-refractivity contribution in [3.63, 3.8) is 0 Å². The van der Waals surface area contributed by atoms with Crippen LogP contribution in [0.25, 0.3) is 0 Å². The molecule has 0 aliphatic carbocycles. The number of aliphatic hydroxyl groups excluding tert-OH is 1. The van der Waals surface area contributed by atoms with Gasteiger partial charge in [-0.05, 0) is 30.7 Å². The van der Waals surface area contributed by atoms with Crippen LogP contribution in [0.1, 0.15) is 23.4 Å². The Bertz CT molecular complexity index is 618. The Morgan fingerprint density at radius 1 is 1.39 bits per heavy atom. The molecule has 6 heteroatoms. The number of rotatable bonds is 6. The minimum atomic E-state index is -0.474. The van der Waals surface area contributed by atoms with Crippen LogP contribution in [0.3, 0.4) is 0 Å². The van der Waals surface area contributed by atoms with Crippen molar-refractivity contribution in [1.82, 2.24) is 14.9 Å². The predicted octanol–water partition coefficient (Wildman–Crippen LogP) is 1.92. The molecule has 0 aromatic carbocycles. The molecule has 2 aromatic rings. The zero-order chi connectivity index (χ0) is 16.1. The van der Waals surface area contributed by atoms with Gasteiger partial charge in [-0.25, -0.2) is 0 Å². The summed E-state index contributed by atoms with van der Waals surface area (Å²) < 4.78 is 0. The van der Waals surface area contributed by atoms with Gasteiger partial charge in [0.25, 0.3) is 0 Å². The zero-order valence-electron chi connectivity index (χ0n) is 13.0. The lowest BCUT2D eigenvalue weighted by Gasteiger charge is -2.16. The summed E-state index contributed by atoms with van der Waals surface area (Å²) in [6.45, 7) is 1.04. The van der Waals surface area contributed by atoms with Crippen LogP contribution in [0.4, 0.5) is 0 Å². The van der Waals surface area contributed by atoms with Crippen molar-refractivity contribution < 1.29 is 9.90 Å². The van der Waals surface area contributed by atoms with Crippen molar-refractivity contribution in [3.8, 4) is 0 Å². The number of likely N-dealkylation sites (tertiary alicyclic amines) is 1. The van der Waals surface area contributed by atoms with Crippen molar-refractivity contribution in [1.29, 1.82) is 0 Å². The third-order valence-corrected chi connectivity index (χ3v) is 5.18. The fourth-order valence-electron chi connectivity index (χ4n) is 2.99. The summed E-state index contributed by atoms with van der Waals surface area (Å²) in [5.74, 6) is 0.190. The van der Waals surface area contributed by atoms with Gasteiger partial charge in [0.1, 0.15) is 0 Å². The Balaban J connectivity index is 1.46. The predicted molar refractivity (Wildman–Crippen MR) is 89.1 cm³/mol. The van der Waals surface area contributed by atoms with Gasteiger partial charge >= 0.3 is 0 Å². The van der Waals surface area contributed by atoms with Crippen molar-refractivity contribution in [2.45, 2.75) is 31.8 Å². The third-order valence-electron chi connectivity index (χ3n) is 4.24. The number of nitrogens with zero attached hydrogens (tertiary/aromatic N) is 3. The van der Waals surface area contributed by atoms with Crippen molar-refractivity contribution in [2.24, 2.45) is 5.92 Å². The van der Waals surface area contributed by atoms with E-state index in [1.165, 1.54) is 4.88 Å². The van der Waals surface area contributed by atoms with Crippen LogP contribution < -0.4 is 0 Å². The van der Waals surface area contributed by atoms with E-state index in [4.69, 9.17) is 0 Å². The normalized spacial score (nSPS) is 20.8. The first-order chi connectivity index (χ1) is 11.2. The average molecular weight is 331 g/mol. The summed E-state index contributed by atoms with van der Waals surface area (Å²) in [5.41, 5.74) is 0.864. The molecule has 2 aromatic heterocycles. The number of hydrogen-bond donors (Lipinski definition) is 1. The van der Waals surface area contributed by atoms with E-state index in [0.717, 1.165) is 18.5 Å². The topological polar surface area (TPSA) is 66.3 Å². The van der Waals surface area contributed by atoms with Crippen LogP contribution in [-0.4, -0.2) is 45.1 Å². The third kappa shape index (κ3) is 4.36. The maximum atomic E-state index is 12.3. The fourth-order valence-corrected chi connectivity index (χ4v) is 3.74. The molecular weight excluding hydrogens is 310 g/mol. The number of aromatic nitrogens is 2. The SMILES string of the molecule is O=C(CCCc1cccs1)N1C[C@@H](Cc2cnccn2)[C@H](O)C1. The molecule has 0 radical (unpaired) electrons. The highest BCUT2D eigenvalue weighted by atomic mass is 32.1. The molecule has 5 nitrogen and oxygen atoms in total. The molecule has 1 fully saturated rings. The van der Waals surface area contributed by atoms with E-state index >= 15 is 0 Å². The van der Waals surface area contributed by atoms with Gasteiger partial charge in [0, 0.05) is 48.9 Å². The molecule has 1 aliphatic rings. The van der Waals surface area contributed by atoms with E-state index in [-0.39, 0.29) is 11.8 Å². The molecule has 23 heavy (non-hydrogen) atoms. The van der Waals surface area contributed by atoms with Crippen molar-refractivity contribution >= 4 is 17.2 Å². The first-order valence-corrected chi connectivity index (χ1v) is 8.83. The molecule has 0 saturated carbocycles. The number of thiophene rings is 1. The Hall–Kier alpha value is -1.79. The standard InChI is InChI=1S/C17H21N3O2S/c21-16-12-20(11-13(16)9-14-10-18-6-7-19-14)17(22)5-1-3-15-4-2-8-23-15/h2,4,6-8,10,13,16,21H,1,3,5,9,11-12H2/t13-,16-/m1/s1. The van der Waals surface area contributed by atoms with Gasteiger partial charge in [-0.3, -0.25) is 14.8 Å². The molecule has 3 rings (SSSR count). The first-order valence-electron chi connectivity index (χ1n) is 7.95. The van der Waals surface area contributed by atoms with Gasteiger partial charge < -0.3 is 10.0 Å². The lowest BCUT2D eigenvalue weighted by molar-refractivity contribution is -0.130. The molecule has 2 atom stereocenters. The second kappa shape index (κ2) is 7.66. The number of β-amino-alcohol motifs (C(OH)–C–C–N with tert-alkyl or cyclic N) is 1. The molecule has 1 aliphatic heterocycles. The first kappa shape index (κ1) is 16.1. The lowest BCUT2D eigenvalue weighted by Crippen LogP contribution is -2.29. The fraction of sp³-hybridized carbons (Fsp3) is 0.471. The molecular formula is C17H21N3O2S. The summed E-state index contributed by atoms with van der Waals surface area (Å²) in [6, 6.07) is 4.14. The summed E-state index contributed by atoms with van der Waals surface area (Å²) in [4.78, 5) is 23.7. The Morgan fingerprint density at radius 3 is 3.04 bits per heavy atom. The molecule has 0 spiro atoms. The van der Waals surface area contributed by atoms with Gasteiger partial charge in [0.05, 0.1) is 11.8 Å². The van der Waals surface area contributed by atoms with Crippen molar-refractivity contribution in [3.05, 3.63) is 46.7 Å². The molecule has 1 amide bonds. The molecule has 1 saturated heterocycles. The van der Waals surface area contributed by atoms with E-state index in [2.05, 4.69) is 21.4 Å². The number of aliphatic hydroxyl groups is 1. The monoisotopic (exact) mass is 331 g/mol. The van der Waals surface area contributed by atoms with Gasteiger partial charge in [-0.15, -0.1) is 11.3 Å². The van der Waals surface area contributed by atoms with E-state index in [1.807, 2.05) is 6.07 Å². The van der Waals surface area contributed by atoms with Gasteiger partial charge in [0.2, 0.25) is 5.91 Å². The molecule has 0 bridgehead atoms. The Morgan fingerprint density at radius 2 is 2.30 bits per heavy atom. The second-order valence-corrected chi connectivity index (χ2v) is 6.99. The number of carbonyl (C=O) groups excluding carboxylic acids is 1. The van der Waals surface area contributed by atoms with Gasteiger partial charge in [-0.2, -0.15) is 0 Å². The van der Waals surface area contributed by atoms with E-state index in [0.29, 0.717) is 25.9 Å². The average Bonchev–Trinajstić information content (AvgIpc) is 3.19. The summed E-state index contributed by atoms with van der Waals surface area (Å²) in [6.07, 6.45) is 7.55. The van der Waals surface area contributed by atoms with Crippen LogP contribution in [-0.2, 0) is 17.6 Å². The molecule has 122 valence electrons. The number of aryl methyl sites for hydroxylation is 1. The largest absolute Gasteiger partial charge is 0.391 e. The number of amides is 1. The highest BCUT2D eigenvalue weighted by Crippen LogP contribution is 2.22. The van der Waals surface area contributed by atoms with Crippen LogP contribution >= 0.6 is 11.3 Å². The van der Waals surface area contributed by atoms with Crippen LogP contribution in [0.2, 0.25) is 0 Å². The van der Waals surface area contributed by atoms with Crippen LogP contribution in [0.5, 0.6) is 0 Å². The maximum Gasteiger partial charge on any atom is 0.222 e. The minimum Gasteiger partial charge on any atom is -0.391 e. The van der Waals surface area contributed by atoms with E-state index < -0.39 is 6.10 Å². The van der Waals surface area contributed by atoms with Gasteiger partial charge in [-0.1, -0.05) is 6.07 Å². The Kier molecular flexibility index (Phi) is 5.35. The van der Waals surface area contributed by atoms with Crippen molar-refractivity contribution in [2.75, 3.05) is 13.1 Å². The number of carbonyl (C=O) groups is 1. The highest BCUT2D eigenvalue weighted by molar-refractivity contribution is 7.09. The van der Waals surface area contributed by atoms with Gasteiger partial charge in [0.15, 0.2) is 0 Å². The number of hydrogen-bond acceptors (Lipinski definition) is 5. The molecule has 1 N–H and O–H groups in total. The smallest absolute Gasteiger partial charge is 0.222 e. The zero-order valence-corrected chi connectivity index (χ0v) is 13.8. The van der Waals surface area contributed by atoms with E-state index in [1.54, 1.807) is 34.8 Å². The maximum absolute atomic E-state index is 12.3. The lowest BCUT2D eigenvalue weighted by atomic mass is 10.0.